The third-order valence-electron chi connectivity index (χ3n) is 3.44. The smallest absolute Gasteiger partial charge is 0.241 e. The van der Waals surface area contributed by atoms with Gasteiger partial charge in [0, 0.05) is 19.8 Å². The minimum Gasteiger partial charge on any atom is -0.424 e. The lowest BCUT2D eigenvalue weighted by Gasteiger charge is -2.14. The molecule has 0 radical (unpaired) electrons. The molecule has 3 rings (SSSR count). The summed E-state index contributed by atoms with van der Waals surface area (Å²) in [6.45, 7) is 1.47. The lowest BCUT2D eigenvalue weighted by molar-refractivity contribution is -0.121. The average Bonchev–Trinajstić information content (AvgIpc) is 3.11. The molecule has 9 nitrogen and oxygen atoms in total. The summed E-state index contributed by atoms with van der Waals surface area (Å²) >= 11 is 0. The molecule has 1 N–H and O–H groups in total. The predicted octanol–water partition coefficient (Wildman–Crippen LogP) is 0.510. The highest BCUT2D eigenvalue weighted by molar-refractivity contribution is 7.89. The van der Waals surface area contributed by atoms with Crippen LogP contribution in [0.25, 0.3) is 0 Å². The number of rotatable bonds is 5. The van der Waals surface area contributed by atoms with E-state index >= 15 is 0 Å². The number of sulfonamides is 1. The van der Waals surface area contributed by atoms with Gasteiger partial charge in [-0.25, -0.2) is 13.1 Å². The molecule has 0 saturated carbocycles. The van der Waals surface area contributed by atoms with Crippen molar-refractivity contribution < 1.29 is 22.4 Å². The molecule has 2 amide bonds. The summed E-state index contributed by atoms with van der Waals surface area (Å²) in [5.41, 5.74) is 0.356. The van der Waals surface area contributed by atoms with Gasteiger partial charge in [-0.3, -0.25) is 14.5 Å². The third-order valence-corrected chi connectivity index (χ3v) is 4.86. The van der Waals surface area contributed by atoms with Crippen molar-refractivity contribution in [3.8, 4) is 0 Å². The number of hydrogen-bond acceptors (Lipinski definition) is 7. The zero-order chi connectivity index (χ0) is 17.3. The standard InChI is InChI=1S/C14H14N4O5S/c1-9-16-17-12(23-9)8-15-24(21,22)11-4-2-10(3-5-11)18-13(19)6-7-14(18)20/h2-5,15H,6-8H2,1H3. The Morgan fingerprint density at radius 2 is 1.75 bits per heavy atom. The van der Waals surface area contributed by atoms with Crippen molar-refractivity contribution >= 4 is 27.5 Å². The van der Waals surface area contributed by atoms with Gasteiger partial charge >= 0.3 is 0 Å². The van der Waals surface area contributed by atoms with Crippen LogP contribution in [0.3, 0.4) is 0 Å². The van der Waals surface area contributed by atoms with Crippen LogP contribution in [0.1, 0.15) is 24.6 Å². The van der Waals surface area contributed by atoms with Gasteiger partial charge in [0.1, 0.15) is 0 Å². The lowest BCUT2D eigenvalue weighted by Crippen LogP contribution is -2.28. The maximum absolute atomic E-state index is 12.2. The maximum atomic E-state index is 12.2. The van der Waals surface area contributed by atoms with Gasteiger partial charge in [-0.05, 0) is 24.3 Å². The van der Waals surface area contributed by atoms with Crippen molar-refractivity contribution in [2.75, 3.05) is 4.90 Å². The molecule has 0 unspecified atom stereocenters. The fourth-order valence-electron chi connectivity index (χ4n) is 2.29. The number of anilines is 1. The molecule has 126 valence electrons. The minimum atomic E-state index is -3.78. The topological polar surface area (TPSA) is 122 Å². The molecule has 1 aromatic carbocycles. The van der Waals surface area contributed by atoms with Crippen LogP contribution in [0.15, 0.2) is 33.6 Å². The zero-order valence-electron chi connectivity index (χ0n) is 12.7. The van der Waals surface area contributed by atoms with Crippen LogP contribution in [0.4, 0.5) is 5.69 Å². The van der Waals surface area contributed by atoms with Gasteiger partial charge in [-0.15, -0.1) is 10.2 Å². The Kier molecular flexibility index (Phi) is 4.16. The van der Waals surface area contributed by atoms with E-state index in [4.69, 9.17) is 4.42 Å². The second kappa shape index (κ2) is 6.13. The monoisotopic (exact) mass is 350 g/mol. The molecular formula is C14H14N4O5S. The van der Waals surface area contributed by atoms with Crippen LogP contribution in [0.2, 0.25) is 0 Å². The highest BCUT2D eigenvalue weighted by atomic mass is 32.2. The van der Waals surface area contributed by atoms with Gasteiger partial charge in [-0.1, -0.05) is 0 Å². The first-order chi connectivity index (χ1) is 11.4. The summed E-state index contributed by atoms with van der Waals surface area (Å²) in [6, 6.07) is 5.50. The molecule has 1 aromatic heterocycles. The number of imide groups is 1. The van der Waals surface area contributed by atoms with Crippen LogP contribution in [-0.2, 0) is 26.2 Å². The number of aryl methyl sites for hydroxylation is 1. The Morgan fingerprint density at radius 3 is 2.29 bits per heavy atom. The fourth-order valence-corrected chi connectivity index (χ4v) is 3.26. The number of nitrogens with zero attached hydrogens (tertiary/aromatic N) is 3. The first-order valence-electron chi connectivity index (χ1n) is 7.11. The van der Waals surface area contributed by atoms with E-state index in [1.807, 2.05) is 0 Å². The maximum Gasteiger partial charge on any atom is 0.241 e. The van der Waals surface area contributed by atoms with Crippen molar-refractivity contribution in [2.45, 2.75) is 31.2 Å². The predicted molar refractivity (Wildman–Crippen MR) is 81.2 cm³/mol. The molecule has 1 saturated heterocycles. The molecule has 1 fully saturated rings. The van der Waals surface area contributed by atoms with Crippen LogP contribution in [0, 0.1) is 6.92 Å². The van der Waals surface area contributed by atoms with Gasteiger partial charge in [-0.2, -0.15) is 0 Å². The van der Waals surface area contributed by atoms with E-state index in [1.165, 1.54) is 24.3 Å². The molecule has 0 bridgehead atoms. The minimum absolute atomic E-state index is 0.00146. The van der Waals surface area contributed by atoms with E-state index in [9.17, 15) is 18.0 Å². The molecule has 1 aliphatic rings. The van der Waals surface area contributed by atoms with E-state index in [-0.39, 0.29) is 42.0 Å². The molecule has 24 heavy (non-hydrogen) atoms. The molecular weight excluding hydrogens is 336 g/mol. The molecule has 10 heteroatoms. The van der Waals surface area contributed by atoms with Crippen LogP contribution >= 0.6 is 0 Å². The molecule has 2 aromatic rings. The van der Waals surface area contributed by atoms with Crippen LogP contribution in [-0.4, -0.2) is 30.4 Å². The number of hydrogen-bond donors (Lipinski definition) is 1. The number of nitrogens with one attached hydrogen (secondary N) is 1. The summed E-state index contributed by atoms with van der Waals surface area (Å²) in [4.78, 5) is 24.4. The van der Waals surface area contributed by atoms with E-state index in [0.717, 1.165) is 4.90 Å². The van der Waals surface area contributed by atoms with Crippen molar-refractivity contribution in [3.63, 3.8) is 0 Å². The van der Waals surface area contributed by atoms with Gasteiger partial charge in [0.25, 0.3) is 0 Å². The van der Waals surface area contributed by atoms with E-state index < -0.39 is 10.0 Å². The SMILES string of the molecule is Cc1nnc(CNS(=O)(=O)c2ccc(N3C(=O)CCC3=O)cc2)o1. The van der Waals surface area contributed by atoms with Gasteiger partial charge in [0.2, 0.25) is 33.6 Å². The number of amides is 2. The lowest BCUT2D eigenvalue weighted by atomic mass is 10.3. The quantitative estimate of drug-likeness (QED) is 0.779. The Morgan fingerprint density at radius 1 is 1.12 bits per heavy atom. The second-order valence-electron chi connectivity index (χ2n) is 5.16. The van der Waals surface area contributed by atoms with Crippen molar-refractivity contribution in [1.82, 2.24) is 14.9 Å². The Hall–Kier alpha value is -2.59. The summed E-state index contributed by atoms with van der Waals surface area (Å²) in [5, 5.41) is 7.31. The van der Waals surface area contributed by atoms with Crippen LogP contribution in [0.5, 0.6) is 0 Å². The van der Waals surface area contributed by atoms with Crippen molar-refractivity contribution in [1.29, 1.82) is 0 Å². The number of carbonyl (C=O) groups is 2. The first-order valence-corrected chi connectivity index (χ1v) is 8.59. The van der Waals surface area contributed by atoms with Gasteiger partial charge in [0.05, 0.1) is 17.1 Å². The molecule has 2 heterocycles. The highest BCUT2D eigenvalue weighted by Crippen LogP contribution is 2.23. The molecule has 0 atom stereocenters. The van der Waals surface area contributed by atoms with Crippen LogP contribution < -0.4 is 9.62 Å². The Labute approximate surface area is 137 Å². The third kappa shape index (κ3) is 3.19. The summed E-state index contributed by atoms with van der Waals surface area (Å²) in [6.07, 6.45) is 0.341. The fraction of sp³-hybridized carbons (Fsp3) is 0.286. The van der Waals surface area contributed by atoms with Crippen molar-refractivity contribution in [2.24, 2.45) is 0 Å². The van der Waals surface area contributed by atoms with E-state index in [0.29, 0.717) is 11.6 Å². The van der Waals surface area contributed by atoms with E-state index in [2.05, 4.69) is 14.9 Å². The highest BCUT2D eigenvalue weighted by Gasteiger charge is 2.30. The summed E-state index contributed by atoms with van der Waals surface area (Å²) in [5.74, 6) is -0.0876. The Bertz CT molecular complexity index is 872. The zero-order valence-corrected chi connectivity index (χ0v) is 13.5. The summed E-state index contributed by atoms with van der Waals surface area (Å²) in [7, 11) is -3.78. The van der Waals surface area contributed by atoms with Crippen molar-refractivity contribution in [3.05, 3.63) is 36.0 Å². The van der Waals surface area contributed by atoms with E-state index in [1.54, 1.807) is 6.92 Å². The molecule has 0 aliphatic carbocycles. The van der Waals surface area contributed by atoms with Gasteiger partial charge < -0.3 is 4.42 Å². The number of carbonyl (C=O) groups excluding carboxylic acids is 2. The molecule has 0 spiro atoms. The molecule has 1 aliphatic heterocycles. The Balaban J connectivity index is 1.74. The second-order valence-corrected chi connectivity index (χ2v) is 6.92. The normalized spacial score (nSPS) is 15.3. The number of benzene rings is 1. The van der Waals surface area contributed by atoms with Gasteiger partial charge in [0.15, 0.2) is 0 Å². The first kappa shape index (κ1) is 16.3. The average molecular weight is 350 g/mol. The largest absolute Gasteiger partial charge is 0.424 e. The summed E-state index contributed by atoms with van der Waals surface area (Å²) < 4.78 is 31.9. The number of aromatic nitrogens is 2.